The quantitative estimate of drug-likeness (QED) is 0.290. The highest BCUT2D eigenvalue weighted by molar-refractivity contribution is 5.78. The Bertz CT molecular complexity index is 1560. The van der Waals surface area contributed by atoms with Crippen molar-refractivity contribution in [2.75, 3.05) is 63.9 Å². The Morgan fingerprint density at radius 3 is 2.22 bits per heavy atom. The number of piperazine rings is 1. The first-order chi connectivity index (χ1) is 21.8. The SMILES string of the molecule is O=C(CN1CCN(Cc2cccc(C(F)(F)F)c2)CC1)NCc1cc(-c2ccc(N3CCOCC3)cc2)n(-c2ccccc2)n1. The number of rotatable bonds is 9. The second-order valence-electron chi connectivity index (χ2n) is 11.4. The van der Waals surface area contributed by atoms with Gasteiger partial charge in [-0.2, -0.15) is 18.3 Å². The fourth-order valence-corrected chi connectivity index (χ4v) is 5.81. The molecule has 0 unspecified atom stereocenters. The fraction of sp³-hybridized carbons (Fsp3) is 0.353. The maximum atomic E-state index is 13.1. The Labute approximate surface area is 261 Å². The van der Waals surface area contributed by atoms with Crippen LogP contribution in [-0.2, 0) is 28.8 Å². The molecule has 2 fully saturated rings. The van der Waals surface area contributed by atoms with Gasteiger partial charge in [0.25, 0.3) is 0 Å². The van der Waals surface area contributed by atoms with Gasteiger partial charge >= 0.3 is 6.18 Å². The monoisotopic (exact) mass is 618 g/mol. The van der Waals surface area contributed by atoms with Gasteiger partial charge in [-0.25, -0.2) is 4.68 Å². The maximum absolute atomic E-state index is 13.1. The van der Waals surface area contributed by atoms with E-state index < -0.39 is 11.7 Å². The number of hydrogen-bond acceptors (Lipinski definition) is 6. The van der Waals surface area contributed by atoms with E-state index in [1.807, 2.05) is 41.1 Å². The van der Waals surface area contributed by atoms with Crippen molar-refractivity contribution < 1.29 is 22.7 Å². The van der Waals surface area contributed by atoms with Crippen molar-refractivity contribution in [1.29, 1.82) is 0 Å². The Morgan fingerprint density at radius 1 is 0.800 bits per heavy atom. The molecule has 0 bridgehead atoms. The number of hydrogen-bond donors (Lipinski definition) is 1. The number of carbonyl (C=O) groups is 1. The second kappa shape index (κ2) is 13.8. The molecule has 2 aliphatic rings. The van der Waals surface area contributed by atoms with Crippen LogP contribution in [0.3, 0.4) is 0 Å². The van der Waals surface area contributed by atoms with Crippen molar-refractivity contribution in [2.24, 2.45) is 0 Å². The van der Waals surface area contributed by atoms with E-state index in [1.54, 1.807) is 6.07 Å². The van der Waals surface area contributed by atoms with E-state index in [-0.39, 0.29) is 12.5 Å². The average molecular weight is 619 g/mol. The van der Waals surface area contributed by atoms with Gasteiger partial charge in [-0.15, -0.1) is 0 Å². The molecule has 11 heteroatoms. The molecular formula is C34H37F3N6O2. The summed E-state index contributed by atoms with van der Waals surface area (Å²) in [4.78, 5) is 19.4. The summed E-state index contributed by atoms with van der Waals surface area (Å²) < 4.78 is 46.6. The second-order valence-corrected chi connectivity index (χ2v) is 11.4. The minimum absolute atomic E-state index is 0.0907. The van der Waals surface area contributed by atoms with Gasteiger partial charge in [0.1, 0.15) is 0 Å². The molecular weight excluding hydrogens is 581 g/mol. The number of carbonyl (C=O) groups excluding carboxylic acids is 1. The minimum atomic E-state index is -4.35. The first-order valence-corrected chi connectivity index (χ1v) is 15.3. The molecule has 1 aromatic heterocycles. The summed E-state index contributed by atoms with van der Waals surface area (Å²) in [6, 6.07) is 25.9. The van der Waals surface area contributed by atoms with Gasteiger partial charge < -0.3 is 15.0 Å². The van der Waals surface area contributed by atoms with E-state index in [1.165, 1.54) is 12.1 Å². The van der Waals surface area contributed by atoms with Crippen LogP contribution in [0.5, 0.6) is 0 Å². The number of morpholine rings is 1. The number of para-hydroxylation sites is 1. The first kappa shape index (κ1) is 30.8. The number of nitrogens with one attached hydrogen (secondary N) is 1. The summed E-state index contributed by atoms with van der Waals surface area (Å²) >= 11 is 0. The van der Waals surface area contributed by atoms with Crippen molar-refractivity contribution in [1.82, 2.24) is 24.9 Å². The van der Waals surface area contributed by atoms with Crippen molar-refractivity contribution in [3.05, 3.63) is 102 Å². The van der Waals surface area contributed by atoms with E-state index in [9.17, 15) is 18.0 Å². The highest BCUT2D eigenvalue weighted by Crippen LogP contribution is 2.30. The number of halogens is 3. The van der Waals surface area contributed by atoms with Gasteiger partial charge in [0.05, 0.1) is 48.9 Å². The fourth-order valence-electron chi connectivity index (χ4n) is 5.81. The van der Waals surface area contributed by atoms with Crippen molar-refractivity contribution in [3.8, 4) is 16.9 Å². The molecule has 2 saturated heterocycles. The third-order valence-corrected chi connectivity index (χ3v) is 8.26. The largest absolute Gasteiger partial charge is 0.416 e. The molecule has 1 amide bonds. The molecule has 236 valence electrons. The molecule has 6 rings (SSSR count). The predicted octanol–water partition coefficient (Wildman–Crippen LogP) is 4.83. The minimum Gasteiger partial charge on any atom is -0.378 e. The molecule has 0 spiro atoms. The molecule has 0 saturated carbocycles. The Balaban J connectivity index is 1.04. The van der Waals surface area contributed by atoms with Gasteiger partial charge in [0, 0.05) is 57.1 Å². The lowest BCUT2D eigenvalue weighted by Crippen LogP contribution is -2.49. The van der Waals surface area contributed by atoms with Crippen LogP contribution >= 0.6 is 0 Å². The lowest BCUT2D eigenvalue weighted by molar-refractivity contribution is -0.137. The summed E-state index contributed by atoms with van der Waals surface area (Å²) in [6.45, 7) is 6.91. The number of amides is 1. The summed E-state index contributed by atoms with van der Waals surface area (Å²) in [5, 5.41) is 7.86. The van der Waals surface area contributed by atoms with Gasteiger partial charge in [-0.3, -0.25) is 14.6 Å². The van der Waals surface area contributed by atoms with Crippen LogP contribution in [0.1, 0.15) is 16.8 Å². The lowest BCUT2D eigenvalue weighted by atomic mass is 10.1. The van der Waals surface area contributed by atoms with Crippen LogP contribution in [0.25, 0.3) is 16.9 Å². The molecule has 4 aromatic rings. The summed E-state index contributed by atoms with van der Waals surface area (Å²) in [5.74, 6) is -0.0907. The zero-order valence-electron chi connectivity index (χ0n) is 25.0. The molecule has 0 radical (unpaired) electrons. The van der Waals surface area contributed by atoms with Crippen LogP contribution in [-0.4, -0.2) is 84.5 Å². The van der Waals surface area contributed by atoms with Crippen molar-refractivity contribution in [2.45, 2.75) is 19.3 Å². The Morgan fingerprint density at radius 2 is 1.51 bits per heavy atom. The van der Waals surface area contributed by atoms with Crippen LogP contribution < -0.4 is 10.2 Å². The number of anilines is 1. The number of benzene rings is 3. The summed E-state index contributed by atoms with van der Waals surface area (Å²) in [7, 11) is 0. The first-order valence-electron chi connectivity index (χ1n) is 15.3. The molecule has 1 N–H and O–H groups in total. The summed E-state index contributed by atoms with van der Waals surface area (Å²) in [6.07, 6.45) is -4.35. The van der Waals surface area contributed by atoms with Gasteiger partial charge in [-0.05, 0) is 42.0 Å². The van der Waals surface area contributed by atoms with Gasteiger partial charge in [0.2, 0.25) is 5.91 Å². The van der Waals surface area contributed by atoms with E-state index in [0.29, 0.717) is 44.8 Å². The normalized spacial score (nSPS) is 16.6. The Hall–Kier alpha value is -4.19. The number of aromatic nitrogens is 2. The number of nitrogens with zero attached hydrogens (tertiary/aromatic N) is 5. The summed E-state index contributed by atoms with van der Waals surface area (Å²) in [5.41, 5.74) is 4.84. The van der Waals surface area contributed by atoms with E-state index in [4.69, 9.17) is 9.84 Å². The third kappa shape index (κ3) is 7.91. The molecule has 0 aliphatic carbocycles. The zero-order chi connectivity index (χ0) is 31.2. The highest BCUT2D eigenvalue weighted by atomic mass is 19.4. The van der Waals surface area contributed by atoms with Gasteiger partial charge in [-0.1, -0.05) is 48.5 Å². The van der Waals surface area contributed by atoms with Crippen LogP contribution in [0, 0.1) is 0 Å². The third-order valence-electron chi connectivity index (χ3n) is 8.26. The van der Waals surface area contributed by atoms with E-state index in [2.05, 4.69) is 44.3 Å². The zero-order valence-corrected chi connectivity index (χ0v) is 25.0. The van der Waals surface area contributed by atoms with Crippen LogP contribution in [0.4, 0.5) is 18.9 Å². The number of ether oxygens (including phenoxy) is 1. The molecule has 2 aliphatic heterocycles. The van der Waals surface area contributed by atoms with Crippen molar-refractivity contribution in [3.63, 3.8) is 0 Å². The molecule has 0 atom stereocenters. The van der Waals surface area contributed by atoms with Crippen LogP contribution in [0.15, 0.2) is 84.9 Å². The number of alkyl halides is 3. The highest BCUT2D eigenvalue weighted by Gasteiger charge is 2.30. The Kier molecular flexibility index (Phi) is 9.48. The van der Waals surface area contributed by atoms with E-state index in [0.717, 1.165) is 60.7 Å². The maximum Gasteiger partial charge on any atom is 0.416 e. The standard InChI is InChI=1S/C34H37F3N6O2/c35-34(36,37)28-6-4-5-26(21-28)24-40-13-15-41(16-14-40)25-33(44)38-23-29-22-32(43(39-29)31-7-2-1-3-8-31)27-9-11-30(12-10-27)42-17-19-45-20-18-42/h1-12,21-22H,13-20,23-25H2,(H,38,44). The lowest BCUT2D eigenvalue weighted by Gasteiger charge is -2.34. The van der Waals surface area contributed by atoms with Crippen molar-refractivity contribution >= 4 is 11.6 Å². The van der Waals surface area contributed by atoms with Gasteiger partial charge in [0.15, 0.2) is 0 Å². The molecule has 8 nitrogen and oxygen atoms in total. The average Bonchev–Trinajstić information content (AvgIpc) is 3.50. The smallest absolute Gasteiger partial charge is 0.378 e. The molecule has 3 heterocycles. The molecule has 45 heavy (non-hydrogen) atoms. The van der Waals surface area contributed by atoms with Crippen LogP contribution in [0.2, 0.25) is 0 Å². The topological polar surface area (TPSA) is 65.9 Å². The molecule has 3 aromatic carbocycles. The predicted molar refractivity (Wildman–Crippen MR) is 167 cm³/mol. The van der Waals surface area contributed by atoms with E-state index >= 15 is 0 Å².